The van der Waals surface area contributed by atoms with Gasteiger partial charge in [-0.2, -0.15) is 0 Å². The van der Waals surface area contributed by atoms with Crippen LogP contribution in [-0.4, -0.2) is 195 Å². The van der Waals surface area contributed by atoms with E-state index in [1.165, 1.54) is 12.8 Å². The molecular formula is C36H71NO16. The molecule has 0 rings (SSSR count). The number of hydrogen-bond donors (Lipinski definition) is 2. The zero-order valence-electron chi connectivity index (χ0n) is 32.4. The van der Waals surface area contributed by atoms with Crippen LogP contribution in [0.2, 0.25) is 0 Å². The van der Waals surface area contributed by atoms with E-state index in [1.807, 2.05) is 0 Å². The zero-order chi connectivity index (χ0) is 38.4. The van der Waals surface area contributed by atoms with E-state index in [0.29, 0.717) is 178 Å². The van der Waals surface area contributed by atoms with Crippen molar-refractivity contribution in [2.45, 2.75) is 45.4 Å². The van der Waals surface area contributed by atoms with Gasteiger partial charge in [0.25, 0.3) is 0 Å². The van der Waals surface area contributed by atoms with Crippen molar-refractivity contribution < 1.29 is 76.3 Å². The van der Waals surface area contributed by atoms with Crippen LogP contribution in [0.1, 0.15) is 45.4 Å². The molecule has 17 nitrogen and oxygen atoms in total. The van der Waals surface area contributed by atoms with Crippen LogP contribution >= 0.6 is 0 Å². The molecule has 0 unspecified atom stereocenters. The normalized spacial score (nSPS) is 11.4. The number of aliphatic carboxylic acids is 1. The number of amides is 1. The van der Waals surface area contributed by atoms with Gasteiger partial charge < -0.3 is 72.0 Å². The van der Waals surface area contributed by atoms with Crippen LogP contribution in [-0.2, 0) is 71.2 Å². The van der Waals surface area contributed by atoms with E-state index in [4.69, 9.17) is 66.7 Å². The topological polar surface area (TPSA) is 186 Å². The van der Waals surface area contributed by atoms with E-state index in [1.54, 1.807) is 0 Å². The molecule has 0 aliphatic carbocycles. The molecule has 0 heterocycles. The fraction of sp³-hybridized carbons (Fsp3) is 0.944. The summed E-state index contributed by atoms with van der Waals surface area (Å²) in [5, 5.41) is 11.2. The third-order valence-electron chi connectivity index (χ3n) is 6.71. The molecule has 0 bridgehead atoms. The summed E-state index contributed by atoms with van der Waals surface area (Å²) >= 11 is 0. The maximum Gasteiger partial charge on any atom is 0.303 e. The minimum atomic E-state index is -0.983. The zero-order valence-corrected chi connectivity index (χ0v) is 32.4. The van der Waals surface area contributed by atoms with Crippen molar-refractivity contribution in [2.75, 3.05) is 178 Å². The number of unbranched alkanes of at least 4 members (excludes halogenated alkanes) is 2. The molecule has 0 spiro atoms. The smallest absolute Gasteiger partial charge is 0.303 e. The summed E-state index contributed by atoms with van der Waals surface area (Å²) < 4.78 is 71.1. The third kappa shape index (κ3) is 48.4. The standard InChI is InChI=1S/C36H71NO16/c1-2-3-4-9-41-11-13-43-15-17-45-19-21-47-23-25-49-27-29-51-31-33-53-34-32-52-30-28-50-26-24-48-22-20-46-18-16-44-14-12-42-10-5-8-37-35(38)6-7-36(39)40/h2-34H2,1H3,(H,37,38)(H,39,40). The quantitative estimate of drug-likeness (QED) is 0.0852. The number of rotatable bonds is 47. The predicted octanol–water partition coefficient (Wildman–Crippen LogP) is 1.76. The van der Waals surface area contributed by atoms with Crippen molar-refractivity contribution in [3.8, 4) is 0 Å². The van der Waals surface area contributed by atoms with Crippen LogP contribution in [0.5, 0.6) is 0 Å². The number of carbonyl (C=O) groups is 2. The molecular weight excluding hydrogens is 702 g/mol. The van der Waals surface area contributed by atoms with Gasteiger partial charge in [0.05, 0.1) is 165 Å². The number of hydrogen-bond acceptors (Lipinski definition) is 15. The lowest BCUT2D eigenvalue weighted by Crippen LogP contribution is -2.25. The first-order chi connectivity index (χ1) is 26.2. The van der Waals surface area contributed by atoms with Gasteiger partial charge in [0, 0.05) is 26.2 Å². The van der Waals surface area contributed by atoms with Gasteiger partial charge in [0.2, 0.25) is 5.91 Å². The average Bonchev–Trinajstić information content (AvgIpc) is 3.15. The average molecular weight is 774 g/mol. The molecule has 0 saturated heterocycles. The molecule has 1 amide bonds. The first-order valence-electron chi connectivity index (χ1n) is 19.2. The van der Waals surface area contributed by atoms with Crippen LogP contribution < -0.4 is 5.32 Å². The van der Waals surface area contributed by atoms with E-state index >= 15 is 0 Å². The van der Waals surface area contributed by atoms with E-state index in [0.717, 1.165) is 13.0 Å². The molecule has 316 valence electrons. The van der Waals surface area contributed by atoms with Crippen LogP contribution in [0.25, 0.3) is 0 Å². The third-order valence-corrected chi connectivity index (χ3v) is 6.71. The molecule has 53 heavy (non-hydrogen) atoms. The number of carboxylic acid groups (broad SMARTS) is 1. The minimum absolute atomic E-state index is 0.0111. The van der Waals surface area contributed by atoms with Crippen molar-refractivity contribution in [3.63, 3.8) is 0 Å². The lowest BCUT2D eigenvalue weighted by atomic mass is 10.3. The summed E-state index contributed by atoms with van der Waals surface area (Å²) in [6, 6.07) is 0. The van der Waals surface area contributed by atoms with Gasteiger partial charge in [-0.25, -0.2) is 0 Å². The van der Waals surface area contributed by atoms with E-state index in [2.05, 4.69) is 12.2 Å². The fourth-order valence-electron chi connectivity index (χ4n) is 3.91. The van der Waals surface area contributed by atoms with Crippen molar-refractivity contribution >= 4 is 11.9 Å². The highest BCUT2D eigenvalue weighted by atomic mass is 16.6. The molecule has 0 aliphatic rings. The Kier molecular flexibility index (Phi) is 45.2. The minimum Gasteiger partial charge on any atom is -0.481 e. The summed E-state index contributed by atoms with van der Waals surface area (Å²) in [7, 11) is 0. The molecule has 0 radical (unpaired) electrons. The lowest BCUT2D eigenvalue weighted by Gasteiger charge is -2.09. The van der Waals surface area contributed by atoms with Gasteiger partial charge in [-0.15, -0.1) is 0 Å². The summed E-state index contributed by atoms with van der Waals surface area (Å²) in [5.41, 5.74) is 0. The molecule has 0 aromatic carbocycles. The summed E-state index contributed by atoms with van der Waals surface area (Å²) in [6.45, 7) is 16.0. The molecule has 0 aromatic rings. The Hall–Kier alpha value is -1.58. The molecule has 0 atom stereocenters. The van der Waals surface area contributed by atoms with Crippen molar-refractivity contribution in [1.82, 2.24) is 5.32 Å². The van der Waals surface area contributed by atoms with Gasteiger partial charge in [-0.05, 0) is 12.8 Å². The molecule has 0 saturated carbocycles. The van der Waals surface area contributed by atoms with E-state index in [9.17, 15) is 9.59 Å². The predicted molar refractivity (Wildman–Crippen MR) is 195 cm³/mol. The largest absolute Gasteiger partial charge is 0.481 e. The number of nitrogens with one attached hydrogen (secondary N) is 1. The van der Waals surface area contributed by atoms with Gasteiger partial charge in [-0.1, -0.05) is 19.8 Å². The number of carbonyl (C=O) groups excluding carboxylic acids is 1. The van der Waals surface area contributed by atoms with Gasteiger partial charge in [-0.3, -0.25) is 9.59 Å². The maximum absolute atomic E-state index is 11.4. The Labute approximate surface area is 317 Å². The van der Waals surface area contributed by atoms with Gasteiger partial charge in [0.15, 0.2) is 0 Å². The Balaban J connectivity index is 3.08. The number of ether oxygens (including phenoxy) is 13. The second-order valence-electron chi connectivity index (χ2n) is 11.3. The SMILES string of the molecule is CCCCCOCCOCCOCCOCCOCCOCCOCCOCCOCCOCCOCCOCCOCCCNC(=O)CCC(=O)O. The summed E-state index contributed by atoms with van der Waals surface area (Å²) in [5.74, 6) is -1.25. The Morgan fingerprint density at radius 2 is 0.604 bits per heavy atom. The van der Waals surface area contributed by atoms with Crippen molar-refractivity contribution in [2.24, 2.45) is 0 Å². The van der Waals surface area contributed by atoms with Crippen LogP contribution in [0, 0.1) is 0 Å². The van der Waals surface area contributed by atoms with Crippen LogP contribution in [0.4, 0.5) is 0 Å². The van der Waals surface area contributed by atoms with Crippen LogP contribution in [0.15, 0.2) is 0 Å². The Bertz CT molecular complexity index is 740. The van der Waals surface area contributed by atoms with Crippen molar-refractivity contribution in [3.05, 3.63) is 0 Å². The number of carboxylic acids is 1. The maximum atomic E-state index is 11.4. The lowest BCUT2D eigenvalue weighted by molar-refractivity contribution is -0.138. The highest BCUT2D eigenvalue weighted by Crippen LogP contribution is 1.94. The molecule has 17 heteroatoms. The van der Waals surface area contributed by atoms with Gasteiger partial charge in [0.1, 0.15) is 0 Å². The highest BCUT2D eigenvalue weighted by Gasteiger charge is 2.04. The van der Waals surface area contributed by atoms with Crippen molar-refractivity contribution in [1.29, 1.82) is 0 Å². The summed E-state index contributed by atoms with van der Waals surface area (Å²) in [4.78, 5) is 21.8. The van der Waals surface area contributed by atoms with Crippen LogP contribution in [0.3, 0.4) is 0 Å². The summed E-state index contributed by atoms with van der Waals surface area (Å²) in [6.07, 6.45) is 4.00. The van der Waals surface area contributed by atoms with E-state index < -0.39 is 5.97 Å². The Morgan fingerprint density at radius 1 is 0.358 bits per heavy atom. The Morgan fingerprint density at radius 3 is 0.849 bits per heavy atom. The first kappa shape index (κ1) is 51.4. The molecule has 0 aromatic heterocycles. The monoisotopic (exact) mass is 773 g/mol. The second-order valence-corrected chi connectivity index (χ2v) is 11.3. The molecule has 2 N–H and O–H groups in total. The fourth-order valence-corrected chi connectivity index (χ4v) is 3.91. The van der Waals surface area contributed by atoms with E-state index in [-0.39, 0.29) is 18.7 Å². The highest BCUT2D eigenvalue weighted by molar-refractivity contribution is 5.80. The first-order valence-corrected chi connectivity index (χ1v) is 19.2. The second kappa shape index (κ2) is 46.6. The molecule has 0 fully saturated rings. The van der Waals surface area contributed by atoms with Gasteiger partial charge >= 0.3 is 5.97 Å². The molecule has 0 aliphatic heterocycles.